The first-order valence-electron chi connectivity index (χ1n) is 5.99. The van der Waals surface area contributed by atoms with Crippen LogP contribution in [0.1, 0.15) is 25.5 Å². The minimum absolute atomic E-state index is 0.0938. The lowest BCUT2D eigenvalue weighted by Gasteiger charge is -2.19. The predicted molar refractivity (Wildman–Crippen MR) is 77.3 cm³/mol. The van der Waals surface area contributed by atoms with E-state index in [0.717, 1.165) is 10.0 Å². The lowest BCUT2D eigenvalue weighted by Crippen LogP contribution is -2.43. The molecule has 0 aliphatic rings. The van der Waals surface area contributed by atoms with Gasteiger partial charge in [-0.3, -0.25) is 0 Å². The highest BCUT2D eigenvalue weighted by Crippen LogP contribution is 2.28. The topological polar surface area (TPSA) is 70.6 Å². The van der Waals surface area contributed by atoms with Gasteiger partial charge in [-0.05, 0) is 26.0 Å². The van der Waals surface area contributed by atoms with Crippen LogP contribution in [0.5, 0.6) is 5.75 Å². The summed E-state index contributed by atoms with van der Waals surface area (Å²) in [5.41, 5.74) is 0.887. The van der Waals surface area contributed by atoms with E-state index in [1.807, 2.05) is 25.1 Å². The van der Waals surface area contributed by atoms with Crippen molar-refractivity contribution in [3.05, 3.63) is 28.2 Å². The van der Waals surface area contributed by atoms with Crippen LogP contribution in [0, 0.1) is 0 Å². The fourth-order valence-electron chi connectivity index (χ4n) is 1.63. The number of methoxy groups -OCH3 is 1. The number of benzene rings is 1. The molecule has 0 heterocycles. The smallest absolute Gasteiger partial charge is 0.315 e. The van der Waals surface area contributed by atoms with E-state index in [-0.39, 0.29) is 24.7 Å². The number of aliphatic hydroxyl groups excluding tert-OH is 1. The van der Waals surface area contributed by atoms with Gasteiger partial charge >= 0.3 is 6.03 Å². The second-order valence-electron chi connectivity index (χ2n) is 4.31. The Kier molecular flexibility index (Phi) is 6.11. The van der Waals surface area contributed by atoms with E-state index in [2.05, 4.69) is 26.6 Å². The molecular formula is C13H19BrN2O3. The lowest BCUT2D eigenvalue weighted by molar-refractivity contribution is 0.218. The van der Waals surface area contributed by atoms with Crippen LogP contribution in [-0.2, 0) is 0 Å². The zero-order valence-corrected chi connectivity index (χ0v) is 12.8. The van der Waals surface area contributed by atoms with Crippen molar-refractivity contribution in [1.82, 2.24) is 10.6 Å². The Balaban J connectivity index is 2.72. The summed E-state index contributed by atoms with van der Waals surface area (Å²) in [7, 11) is 1.59. The number of carbonyl (C=O) groups is 1. The fourth-order valence-corrected chi connectivity index (χ4v) is 1.97. The highest BCUT2D eigenvalue weighted by atomic mass is 79.9. The first-order chi connectivity index (χ1) is 8.97. The minimum atomic E-state index is -0.320. The maximum Gasteiger partial charge on any atom is 0.315 e. The molecule has 0 aromatic heterocycles. The number of aliphatic hydroxyl groups is 1. The van der Waals surface area contributed by atoms with Crippen molar-refractivity contribution < 1.29 is 14.6 Å². The van der Waals surface area contributed by atoms with Gasteiger partial charge in [-0.25, -0.2) is 4.79 Å². The zero-order valence-electron chi connectivity index (χ0n) is 11.2. The van der Waals surface area contributed by atoms with Crippen molar-refractivity contribution in [3.63, 3.8) is 0 Å². The predicted octanol–water partition coefficient (Wildman–Crippen LogP) is 2.20. The molecule has 0 radical (unpaired) electrons. The van der Waals surface area contributed by atoms with Crippen molar-refractivity contribution in [2.45, 2.75) is 25.9 Å². The summed E-state index contributed by atoms with van der Waals surface area (Å²) >= 11 is 3.37. The van der Waals surface area contributed by atoms with Crippen LogP contribution in [0.3, 0.4) is 0 Å². The van der Waals surface area contributed by atoms with E-state index in [9.17, 15) is 4.79 Å². The number of nitrogens with one attached hydrogen (secondary N) is 2. The lowest BCUT2D eigenvalue weighted by atomic mass is 10.1. The van der Waals surface area contributed by atoms with E-state index >= 15 is 0 Å². The number of carbonyl (C=O) groups excluding carboxylic acids is 1. The van der Waals surface area contributed by atoms with Gasteiger partial charge in [0.05, 0.1) is 25.8 Å². The van der Waals surface area contributed by atoms with Crippen molar-refractivity contribution in [2.24, 2.45) is 0 Å². The van der Waals surface area contributed by atoms with Gasteiger partial charge < -0.3 is 20.5 Å². The molecule has 0 saturated heterocycles. The van der Waals surface area contributed by atoms with E-state index in [0.29, 0.717) is 5.75 Å². The van der Waals surface area contributed by atoms with Gasteiger partial charge in [0.2, 0.25) is 0 Å². The molecule has 2 amide bonds. The third kappa shape index (κ3) is 4.72. The molecule has 0 spiro atoms. The van der Waals surface area contributed by atoms with Gasteiger partial charge in [0, 0.05) is 10.0 Å². The summed E-state index contributed by atoms with van der Waals surface area (Å²) < 4.78 is 6.20. The van der Waals surface area contributed by atoms with Gasteiger partial charge in [-0.15, -0.1) is 0 Å². The maximum absolute atomic E-state index is 11.7. The van der Waals surface area contributed by atoms with Crippen LogP contribution in [0.15, 0.2) is 22.7 Å². The van der Waals surface area contributed by atoms with Crippen LogP contribution in [0.4, 0.5) is 4.79 Å². The standard InChI is InChI=1S/C13H19BrN2O3/c1-8(7-17)15-13(18)16-9(2)11-5-4-10(14)6-12(11)19-3/h4-6,8-9,17H,7H2,1-3H3,(H2,15,16,18)/t8-,9-/m0/s1. The first kappa shape index (κ1) is 15.8. The second kappa shape index (κ2) is 7.35. The summed E-state index contributed by atoms with van der Waals surface area (Å²) in [4.78, 5) is 11.7. The van der Waals surface area contributed by atoms with Gasteiger partial charge in [-0.1, -0.05) is 22.0 Å². The molecule has 1 aromatic carbocycles. The quantitative estimate of drug-likeness (QED) is 0.775. The third-order valence-electron chi connectivity index (χ3n) is 2.66. The summed E-state index contributed by atoms with van der Waals surface area (Å²) in [5, 5.41) is 14.3. The zero-order chi connectivity index (χ0) is 14.4. The first-order valence-corrected chi connectivity index (χ1v) is 6.78. The molecular weight excluding hydrogens is 312 g/mol. The summed E-state index contributed by atoms with van der Waals surface area (Å²) in [6.45, 7) is 3.50. The van der Waals surface area contributed by atoms with Crippen LogP contribution in [0.25, 0.3) is 0 Å². The molecule has 1 rings (SSSR count). The van der Waals surface area contributed by atoms with Gasteiger partial charge in [-0.2, -0.15) is 0 Å². The second-order valence-corrected chi connectivity index (χ2v) is 5.23. The monoisotopic (exact) mass is 330 g/mol. The Morgan fingerprint density at radius 1 is 1.42 bits per heavy atom. The molecule has 106 valence electrons. The number of rotatable bonds is 5. The molecule has 19 heavy (non-hydrogen) atoms. The molecule has 1 aromatic rings. The van der Waals surface area contributed by atoms with E-state index < -0.39 is 0 Å². The molecule has 0 unspecified atom stereocenters. The van der Waals surface area contributed by atoms with Crippen LogP contribution >= 0.6 is 15.9 Å². The number of amides is 2. The highest BCUT2D eigenvalue weighted by Gasteiger charge is 2.15. The summed E-state index contributed by atoms with van der Waals surface area (Å²) in [6.07, 6.45) is 0. The van der Waals surface area contributed by atoms with Gasteiger partial charge in [0.15, 0.2) is 0 Å². The Morgan fingerprint density at radius 2 is 2.11 bits per heavy atom. The normalized spacial score (nSPS) is 13.5. The van der Waals surface area contributed by atoms with Crippen LogP contribution in [-0.4, -0.2) is 30.9 Å². The maximum atomic E-state index is 11.7. The highest BCUT2D eigenvalue weighted by molar-refractivity contribution is 9.10. The third-order valence-corrected chi connectivity index (χ3v) is 3.15. The molecule has 3 N–H and O–H groups in total. The Hall–Kier alpha value is -1.27. The van der Waals surface area contributed by atoms with Crippen LogP contribution in [0.2, 0.25) is 0 Å². The van der Waals surface area contributed by atoms with Crippen molar-refractivity contribution >= 4 is 22.0 Å². The molecule has 0 aliphatic heterocycles. The number of halogens is 1. The van der Waals surface area contributed by atoms with Crippen molar-refractivity contribution in [3.8, 4) is 5.75 Å². The fraction of sp³-hybridized carbons (Fsp3) is 0.462. The van der Waals surface area contributed by atoms with Crippen molar-refractivity contribution in [1.29, 1.82) is 0 Å². The van der Waals surface area contributed by atoms with Crippen molar-refractivity contribution in [2.75, 3.05) is 13.7 Å². The number of urea groups is 1. The number of hydrogen-bond acceptors (Lipinski definition) is 3. The Bertz CT molecular complexity index is 440. The molecule has 0 saturated carbocycles. The van der Waals surface area contributed by atoms with E-state index in [1.54, 1.807) is 14.0 Å². The van der Waals surface area contributed by atoms with E-state index in [1.165, 1.54) is 0 Å². The Labute approximate surface area is 121 Å². The molecule has 5 nitrogen and oxygen atoms in total. The largest absolute Gasteiger partial charge is 0.496 e. The SMILES string of the molecule is COc1cc(Br)ccc1[C@H](C)NC(=O)N[C@@H](C)CO. The van der Waals surface area contributed by atoms with Gasteiger partial charge in [0.25, 0.3) is 0 Å². The molecule has 0 bridgehead atoms. The molecule has 0 aliphatic carbocycles. The van der Waals surface area contributed by atoms with E-state index in [4.69, 9.17) is 9.84 Å². The molecule has 0 fully saturated rings. The number of ether oxygens (including phenoxy) is 1. The molecule has 6 heteroatoms. The van der Waals surface area contributed by atoms with Gasteiger partial charge in [0.1, 0.15) is 5.75 Å². The van der Waals surface area contributed by atoms with Crippen LogP contribution < -0.4 is 15.4 Å². The average Bonchev–Trinajstić information content (AvgIpc) is 2.37. The Morgan fingerprint density at radius 3 is 2.68 bits per heavy atom. The molecule has 2 atom stereocenters. The summed E-state index contributed by atoms with van der Waals surface area (Å²) in [6, 6.07) is 4.84. The average molecular weight is 331 g/mol. The number of hydrogen-bond donors (Lipinski definition) is 3. The summed E-state index contributed by atoms with van der Waals surface area (Å²) in [5.74, 6) is 0.706. The minimum Gasteiger partial charge on any atom is -0.496 e.